The molecule has 0 radical (unpaired) electrons. The molecule has 8 heteroatoms. The van der Waals surface area contributed by atoms with Crippen molar-refractivity contribution in [2.24, 2.45) is 0 Å². The minimum absolute atomic E-state index is 0.0892. The first-order valence-corrected chi connectivity index (χ1v) is 11.7. The maximum Gasteiger partial charge on any atom is 0.253 e. The van der Waals surface area contributed by atoms with Crippen LogP contribution in [0.15, 0.2) is 54.6 Å². The molecule has 2 aromatic rings. The molecule has 0 bridgehead atoms. The van der Waals surface area contributed by atoms with E-state index in [2.05, 4.69) is 5.32 Å². The van der Waals surface area contributed by atoms with Crippen LogP contribution >= 0.6 is 11.6 Å². The first-order valence-electron chi connectivity index (χ1n) is 9.73. The molecule has 0 aliphatic carbocycles. The van der Waals surface area contributed by atoms with Crippen LogP contribution in [0.3, 0.4) is 0 Å². The van der Waals surface area contributed by atoms with Crippen LogP contribution in [0.4, 0.5) is 0 Å². The number of hydrogen-bond acceptors (Lipinski definition) is 4. The number of halogens is 1. The van der Waals surface area contributed by atoms with Gasteiger partial charge in [-0.1, -0.05) is 48.0 Å². The van der Waals surface area contributed by atoms with Crippen molar-refractivity contribution >= 4 is 27.5 Å². The topological polar surface area (TPSA) is 69.7 Å². The lowest BCUT2D eigenvalue weighted by atomic mass is 10.1. The molecule has 0 aromatic heterocycles. The van der Waals surface area contributed by atoms with Crippen LogP contribution in [0, 0.1) is 0 Å². The van der Waals surface area contributed by atoms with Gasteiger partial charge in [0.15, 0.2) is 0 Å². The second kappa shape index (κ2) is 10.2. The number of amides is 1. The fraction of sp³-hybridized carbons (Fsp3) is 0.381. The predicted octanol–water partition coefficient (Wildman–Crippen LogP) is 2.26. The van der Waals surface area contributed by atoms with Crippen molar-refractivity contribution in [1.82, 2.24) is 14.5 Å². The number of hydrogen-bond donors (Lipinski definition) is 1. The average Bonchev–Trinajstić information content (AvgIpc) is 2.75. The monoisotopic (exact) mass is 435 g/mol. The molecular formula is C21H26ClN3O3S. The minimum atomic E-state index is -3.41. The summed E-state index contributed by atoms with van der Waals surface area (Å²) in [5, 5.41) is 3.63. The van der Waals surface area contributed by atoms with Crippen LogP contribution in [-0.2, 0) is 16.4 Å². The Morgan fingerprint density at radius 2 is 1.76 bits per heavy atom. The molecule has 1 heterocycles. The summed E-state index contributed by atoms with van der Waals surface area (Å²) in [6.45, 7) is 2.82. The Hall–Kier alpha value is -1.93. The fourth-order valence-corrected chi connectivity index (χ4v) is 4.94. The van der Waals surface area contributed by atoms with Crippen molar-refractivity contribution in [3.05, 3.63) is 70.7 Å². The van der Waals surface area contributed by atoms with Gasteiger partial charge in [-0.25, -0.2) is 8.42 Å². The molecular weight excluding hydrogens is 410 g/mol. The number of carbonyl (C=O) groups excluding carboxylic acids is 1. The number of benzene rings is 2. The van der Waals surface area contributed by atoms with Gasteiger partial charge >= 0.3 is 0 Å². The van der Waals surface area contributed by atoms with Crippen LogP contribution in [0.1, 0.15) is 15.9 Å². The molecule has 1 aliphatic heterocycles. The third-order valence-electron chi connectivity index (χ3n) is 4.96. The number of rotatable bonds is 8. The van der Waals surface area contributed by atoms with Crippen LogP contribution < -0.4 is 5.32 Å². The maximum absolute atomic E-state index is 13.1. The lowest BCUT2D eigenvalue weighted by molar-refractivity contribution is 0.0767. The van der Waals surface area contributed by atoms with E-state index < -0.39 is 10.0 Å². The Bertz CT molecular complexity index is 916. The third kappa shape index (κ3) is 6.27. The Morgan fingerprint density at radius 1 is 1.03 bits per heavy atom. The molecule has 1 aliphatic rings. The summed E-state index contributed by atoms with van der Waals surface area (Å²) in [5.74, 6) is -0.299. The lowest BCUT2D eigenvalue weighted by Crippen LogP contribution is -2.48. The molecule has 1 amide bonds. The summed E-state index contributed by atoms with van der Waals surface area (Å²) in [6.07, 6.45) is 0.654. The van der Waals surface area contributed by atoms with E-state index in [1.807, 2.05) is 30.3 Å². The van der Waals surface area contributed by atoms with Crippen LogP contribution in [0.5, 0.6) is 0 Å². The van der Waals surface area contributed by atoms with E-state index in [0.29, 0.717) is 49.7 Å². The van der Waals surface area contributed by atoms with Crippen molar-refractivity contribution in [2.45, 2.75) is 6.42 Å². The molecule has 2 aromatic carbocycles. The second-order valence-electron chi connectivity index (χ2n) is 7.00. The summed E-state index contributed by atoms with van der Waals surface area (Å²) >= 11 is 6.04. The van der Waals surface area contributed by atoms with Gasteiger partial charge in [0.05, 0.1) is 5.75 Å². The van der Waals surface area contributed by atoms with Gasteiger partial charge in [-0.2, -0.15) is 4.31 Å². The highest BCUT2D eigenvalue weighted by Gasteiger charge is 2.26. The van der Waals surface area contributed by atoms with Gasteiger partial charge < -0.3 is 10.2 Å². The van der Waals surface area contributed by atoms with E-state index in [9.17, 15) is 13.2 Å². The normalized spacial score (nSPS) is 15.2. The van der Waals surface area contributed by atoms with Gasteiger partial charge in [0, 0.05) is 49.9 Å². The number of piperazine rings is 1. The zero-order valence-electron chi connectivity index (χ0n) is 16.3. The zero-order chi connectivity index (χ0) is 20.7. The van der Waals surface area contributed by atoms with Crippen LogP contribution in [0.2, 0.25) is 5.02 Å². The van der Waals surface area contributed by atoms with Crippen molar-refractivity contribution in [3.63, 3.8) is 0 Å². The molecule has 0 saturated carbocycles. The van der Waals surface area contributed by atoms with E-state index in [1.54, 1.807) is 29.2 Å². The van der Waals surface area contributed by atoms with Crippen molar-refractivity contribution in [1.29, 1.82) is 0 Å². The van der Waals surface area contributed by atoms with E-state index in [0.717, 1.165) is 5.56 Å². The molecule has 1 saturated heterocycles. The second-order valence-corrected chi connectivity index (χ2v) is 9.53. The zero-order valence-corrected chi connectivity index (χ0v) is 17.8. The van der Waals surface area contributed by atoms with Gasteiger partial charge in [0.2, 0.25) is 10.0 Å². The standard InChI is InChI=1S/C21H26ClN3O3S/c22-20-8-4-7-19(17-20)21(26)24(12-9-18-5-2-1-3-6-18)15-16-29(27,28)25-13-10-23-11-14-25/h1-8,17,23H,9-16H2. The SMILES string of the molecule is O=C(c1cccc(Cl)c1)N(CCc1ccccc1)CCS(=O)(=O)N1CCNCC1. The van der Waals surface area contributed by atoms with Crippen LogP contribution in [-0.4, -0.2) is 68.6 Å². The highest BCUT2D eigenvalue weighted by Crippen LogP contribution is 2.14. The van der Waals surface area contributed by atoms with Crippen LogP contribution in [0.25, 0.3) is 0 Å². The number of nitrogens with zero attached hydrogens (tertiary/aromatic N) is 2. The van der Waals surface area contributed by atoms with E-state index >= 15 is 0 Å². The molecule has 156 valence electrons. The average molecular weight is 436 g/mol. The summed E-state index contributed by atoms with van der Waals surface area (Å²) in [6, 6.07) is 16.6. The number of nitrogens with one attached hydrogen (secondary N) is 1. The lowest BCUT2D eigenvalue weighted by Gasteiger charge is -2.28. The third-order valence-corrected chi connectivity index (χ3v) is 7.05. The highest BCUT2D eigenvalue weighted by atomic mass is 35.5. The summed E-state index contributed by atoms with van der Waals surface area (Å²) < 4.78 is 26.9. The van der Waals surface area contributed by atoms with Gasteiger partial charge in [0.1, 0.15) is 0 Å². The molecule has 0 spiro atoms. The molecule has 0 unspecified atom stereocenters. The first kappa shape index (κ1) is 21.8. The maximum atomic E-state index is 13.1. The molecule has 1 N–H and O–H groups in total. The molecule has 6 nitrogen and oxygen atoms in total. The van der Waals surface area contributed by atoms with Gasteiger partial charge in [-0.05, 0) is 30.2 Å². The molecule has 3 rings (SSSR count). The Labute approximate surface area is 177 Å². The summed E-state index contributed by atoms with van der Waals surface area (Å²) in [7, 11) is -3.41. The molecule has 1 fully saturated rings. The molecule has 0 atom stereocenters. The quantitative estimate of drug-likeness (QED) is 0.690. The minimum Gasteiger partial charge on any atom is -0.337 e. The molecule has 29 heavy (non-hydrogen) atoms. The van der Waals surface area contributed by atoms with Crippen molar-refractivity contribution in [3.8, 4) is 0 Å². The predicted molar refractivity (Wildman–Crippen MR) is 116 cm³/mol. The summed E-state index contributed by atoms with van der Waals surface area (Å²) in [5.41, 5.74) is 1.56. The van der Waals surface area contributed by atoms with Crippen molar-refractivity contribution < 1.29 is 13.2 Å². The Kier molecular flexibility index (Phi) is 7.66. The van der Waals surface area contributed by atoms with Gasteiger partial charge in [-0.3, -0.25) is 4.79 Å². The first-order chi connectivity index (χ1) is 14.0. The van der Waals surface area contributed by atoms with Crippen molar-refractivity contribution in [2.75, 3.05) is 45.0 Å². The fourth-order valence-electron chi connectivity index (χ4n) is 3.30. The number of carbonyl (C=O) groups is 1. The van der Waals surface area contributed by atoms with E-state index in [1.165, 1.54) is 4.31 Å². The largest absolute Gasteiger partial charge is 0.337 e. The highest BCUT2D eigenvalue weighted by molar-refractivity contribution is 7.89. The van der Waals surface area contributed by atoms with E-state index in [4.69, 9.17) is 11.6 Å². The summed E-state index contributed by atoms with van der Waals surface area (Å²) in [4.78, 5) is 14.7. The van der Waals surface area contributed by atoms with Gasteiger partial charge in [-0.15, -0.1) is 0 Å². The Balaban J connectivity index is 1.71. The van der Waals surface area contributed by atoms with E-state index in [-0.39, 0.29) is 18.2 Å². The smallest absolute Gasteiger partial charge is 0.253 e. The van der Waals surface area contributed by atoms with Gasteiger partial charge in [0.25, 0.3) is 5.91 Å². The Morgan fingerprint density at radius 3 is 2.45 bits per heavy atom. The number of sulfonamides is 1.